The Balaban J connectivity index is 2.12. The van der Waals surface area contributed by atoms with Crippen LogP contribution in [0.15, 0.2) is 11.3 Å². The van der Waals surface area contributed by atoms with Crippen LogP contribution in [0.5, 0.6) is 0 Å². The van der Waals surface area contributed by atoms with Gasteiger partial charge in [-0.15, -0.1) is 0 Å². The zero-order valence-electron chi connectivity index (χ0n) is 8.01. The Bertz CT molecular complexity index is 213. The van der Waals surface area contributed by atoms with Crippen molar-refractivity contribution in [3.63, 3.8) is 0 Å². The van der Waals surface area contributed by atoms with Crippen LogP contribution in [0.4, 0.5) is 0 Å². The molecule has 1 nitrogen and oxygen atoms in total. The summed E-state index contributed by atoms with van der Waals surface area (Å²) in [7, 11) is 0. The molecule has 1 N–H and O–H groups in total. The fourth-order valence-corrected chi connectivity index (χ4v) is 2.95. The number of hydrogen-bond donors (Lipinski definition) is 1. The summed E-state index contributed by atoms with van der Waals surface area (Å²) in [6, 6.07) is 0. The zero-order chi connectivity index (χ0) is 8.72. The Morgan fingerprint density at radius 1 is 1.17 bits per heavy atom. The maximum Gasteiger partial charge on any atom is 0.0942 e. The van der Waals surface area contributed by atoms with E-state index in [0.717, 1.165) is 17.4 Å². The molecule has 2 rings (SSSR count). The Kier molecular flexibility index (Phi) is 1.90. The van der Waals surface area contributed by atoms with Gasteiger partial charge in [-0.3, -0.25) is 0 Å². The van der Waals surface area contributed by atoms with Gasteiger partial charge in [0.1, 0.15) is 0 Å². The molecule has 2 saturated carbocycles. The van der Waals surface area contributed by atoms with E-state index in [1.807, 2.05) is 13.8 Å². The summed E-state index contributed by atoms with van der Waals surface area (Å²) < 4.78 is 0. The number of aliphatic hydroxyl groups is 1. The highest BCUT2D eigenvalue weighted by atomic mass is 16.3. The van der Waals surface area contributed by atoms with E-state index in [0.29, 0.717) is 11.7 Å². The first-order valence-corrected chi connectivity index (χ1v) is 5.05. The lowest BCUT2D eigenvalue weighted by Gasteiger charge is -2.21. The Labute approximate surface area is 74.5 Å². The lowest BCUT2D eigenvalue weighted by Crippen LogP contribution is -2.13. The van der Waals surface area contributed by atoms with Gasteiger partial charge in [-0.05, 0) is 50.5 Å². The summed E-state index contributed by atoms with van der Waals surface area (Å²) in [5.74, 6) is 2.96. The highest BCUT2D eigenvalue weighted by Gasteiger charge is 2.41. The highest BCUT2D eigenvalue weighted by Crippen LogP contribution is 2.50. The van der Waals surface area contributed by atoms with Crippen molar-refractivity contribution in [2.75, 3.05) is 0 Å². The van der Waals surface area contributed by atoms with Gasteiger partial charge in [0.15, 0.2) is 0 Å². The second kappa shape index (κ2) is 2.79. The molecule has 0 aromatic carbocycles. The van der Waals surface area contributed by atoms with Gasteiger partial charge < -0.3 is 5.11 Å². The van der Waals surface area contributed by atoms with Crippen molar-refractivity contribution in [3.05, 3.63) is 11.3 Å². The van der Waals surface area contributed by atoms with E-state index in [9.17, 15) is 5.11 Å². The first-order chi connectivity index (χ1) is 5.68. The molecule has 0 aliphatic heterocycles. The molecular formula is C11H18O. The van der Waals surface area contributed by atoms with Gasteiger partial charge in [0.2, 0.25) is 0 Å². The summed E-state index contributed by atoms with van der Waals surface area (Å²) in [6.07, 6.45) is 5.40. The third kappa shape index (κ3) is 1.16. The summed E-state index contributed by atoms with van der Waals surface area (Å²) in [6.45, 7) is 4.03. The second-order valence-corrected chi connectivity index (χ2v) is 4.67. The first-order valence-electron chi connectivity index (χ1n) is 5.05. The minimum Gasteiger partial charge on any atom is -0.512 e. The van der Waals surface area contributed by atoms with Crippen molar-refractivity contribution in [3.8, 4) is 0 Å². The molecule has 0 aromatic heterocycles. The van der Waals surface area contributed by atoms with E-state index >= 15 is 0 Å². The van der Waals surface area contributed by atoms with Gasteiger partial charge in [0.25, 0.3) is 0 Å². The molecule has 0 amide bonds. The van der Waals surface area contributed by atoms with Crippen LogP contribution in [0.2, 0.25) is 0 Å². The Hall–Kier alpha value is -0.460. The molecule has 0 saturated heterocycles. The predicted molar refractivity (Wildman–Crippen MR) is 49.9 cm³/mol. The maximum atomic E-state index is 9.83. The molecule has 0 radical (unpaired) electrons. The molecule has 12 heavy (non-hydrogen) atoms. The average molecular weight is 166 g/mol. The van der Waals surface area contributed by atoms with Gasteiger partial charge in [-0.25, -0.2) is 0 Å². The van der Waals surface area contributed by atoms with Crippen LogP contribution in [-0.2, 0) is 0 Å². The van der Waals surface area contributed by atoms with Gasteiger partial charge in [0, 0.05) is 5.92 Å². The molecule has 0 heterocycles. The first kappa shape index (κ1) is 8.15. The van der Waals surface area contributed by atoms with Gasteiger partial charge in [0.05, 0.1) is 5.76 Å². The van der Waals surface area contributed by atoms with Crippen LogP contribution in [0.1, 0.15) is 39.5 Å². The number of fused-ring (bicyclic) bond motifs is 2. The second-order valence-electron chi connectivity index (χ2n) is 4.67. The molecule has 2 aliphatic rings. The van der Waals surface area contributed by atoms with E-state index in [2.05, 4.69) is 0 Å². The van der Waals surface area contributed by atoms with Crippen LogP contribution >= 0.6 is 0 Å². The van der Waals surface area contributed by atoms with Crippen LogP contribution in [-0.4, -0.2) is 5.11 Å². The van der Waals surface area contributed by atoms with Crippen molar-refractivity contribution in [1.82, 2.24) is 0 Å². The number of aliphatic hydroxyl groups excluding tert-OH is 1. The van der Waals surface area contributed by atoms with E-state index in [1.54, 1.807) is 0 Å². The maximum absolute atomic E-state index is 9.83. The van der Waals surface area contributed by atoms with Crippen LogP contribution in [0, 0.1) is 17.8 Å². The minimum atomic E-state index is 0.522. The smallest absolute Gasteiger partial charge is 0.0942 e. The standard InChI is InChI=1S/C11H18O/c1-7(2)11(12)10-6-8-3-4-9(10)5-8/h8-10,12H,3-6H2,1-2H3. The van der Waals surface area contributed by atoms with E-state index in [4.69, 9.17) is 0 Å². The molecule has 2 aliphatic carbocycles. The van der Waals surface area contributed by atoms with E-state index in [-0.39, 0.29) is 0 Å². The fourth-order valence-electron chi connectivity index (χ4n) is 2.95. The molecule has 1 heteroatoms. The molecule has 0 aromatic rings. The lowest BCUT2D eigenvalue weighted by molar-refractivity contribution is 0.256. The molecule has 3 unspecified atom stereocenters. The van der Waals surface area contributed by atoms with Crippen LogP contribution in [0.25, 0.3) is 0 Å². The van der Waals surface area contributed by atoms with Crippen LogP contribution < -0.4 is 0 Å². The highest BCUT2D eigenvalue weighted by molar-refractivity contribution is 5.10. The minimum absolute atomic E-state index is 0.522. The summed E-state index contributed by atoms with van der Waals surface area (Å²) in [5.41, 5.74) is 1.12. The molecular weight excluding hydrogens is 148 g/mol. The number of allylic oxidation sites excluding steroid dienone is 2. The quantitative estimate of drug-likeness (QED) is 0.593. The lowest BCUT2D eigenvalue weighted by atomic mass is 9.86. The summed E-state index contributed by atoms with van der Waals surface area (Å²) in [4.78, 5) is 0. The largest absolute Gasteiger partial charge is 0.512 e. The normalized spacial score (nSPS) is 38.7. The van der Waals surface area contributed by atoms with Crippen molar-refractivity contribution < 1.29 is 5.11 Å². The van der Waals surface area contributed by atoms with E-state index < -0.39 is 0 Å². The summed E-state index contributed by atoms with van der Waals surface area (Å²) in [5, 5.41) is 9.83. The number of hydrogen-bond acceptors (Lipinski definition) is 1. The summed E-state index contributed by atoms with van der Waals surface area (Å²) >= 11 is 0. The van der Waals surface area contributed by atoms with Crippen molar-refractivity contribution in [2.24, 2.45) is 17.8 Å². The van der Waals surface area contributed by atoms with Gasteiger partial charge in [-0.2, -0.15) is 0 Å². The van der Waals surface area contributed by atoms with Gasteiger partial charge in [-0.1, -0.05) is 6.42 Å². The van der Waals surface area contributed by atoms with Crippen LogP contribution in [0.3, 0.4) is 0 Å². The Morgan fingerprint density at radius 3 is 2.33 bits per heavy atom. The third-order valence-electron chi connectivity index (χ3n) is 3.60. The third-order valence-corrected chi connectivity index (χ3v) is 3.60. The topological polar surface area (TPSA) is 20.2 Å². The molecule has 2 fully saturated rings. The molecule has 0 spiro atoms. The monoisotopic (exact) mass is 166 g/mol. The molecule has 68 valence electrons. The average Bonchev–Trinajstić information content (AvgIpc) is 2.62. The fraction of sp³-hybridized carbons (Fsp3) is 0.818. The predicted octanol–water partition coefficient (Wildman–Crippen LogP) is 3.27. The SMILES string of the molecule is CC(C)=C(O)C1CC2CCC1C2. The molecule has 2 bridgehead atoms. The van der Waals surface area contributed by atoms with Crippen molar-refractivity contribution in [1.29, 1.82) is 0 Å². The van der Waals surface area contributed by atoms with Crippen molar-refractivity contribution >= 4 is 0 Å². The molecule has 3 atom stereocenters. The zero-order valence-corrected chi connectivity index (χ0v) is 8.01. The van der Waals surface area contributed by atoms with E-state index in [1.165, 1.54) is 25.7 Å². The van der Waals surface area contributed by atoms with Crippen molar-refractivity contribution in [2.45, 2.75) is 39.5 Å². The number of rotatable bonds is 1. The Morgan fingerprint density at radius 2 is 1.92 bits per heavy atom. The van der Waals surface area contributed by atoms with Gasteiger partial charge >= 0.3 is 0 Å².